The Kier molecular flexibility index (Phi) is 7.53. The molecule has 0 unspecified atom stereocenters. The van der Waals surface area contributed by atoms with Crippen LogP contribution in [-0.4, -0.2) is 30.1 Å². The van der Waals surface area contributed by atoms with Gasteiger partial charge in [0.25, 0.3) is 5.91 Å². The molecule has 210 valence electrons. The highest BCUT2D eigenvalue weighted by molar-refractivity contribution is 6.17. The molecule has 0 aromatic heterocycles. The van der Waals surface area contributed by atoms with Crippen LogP contribution in [0.25, 0.3) is 0 Å². The van der Waals surface area contributed by atoms with Crippen molar-refractivity contribution >= 4 is 23.1 Å². The molecule has 0 saturated carbocycles. The minimum Gasteiger partial charge on any atom is -0.497 e. The highest BCUT2D eigenvalue weighted by Gasteiger charge is 2.37. The summed E-state index contributed by atoms with van der Waals surface area (Å²) < 4.78 is 84.1. The third-order valence-corrected chi connectivity index (χ3v) is 6.33. The van der Waals surface area contributed by atoms with Gasteiger partial charge in [-0.05, 0) is 80.4 Å². The summed E-state index contributed by atoms with van der Waals surface area (Å²) in [4.78, 5) is 30.4. The first-order valence-electron chi connectivity index (χ1n) is 12.1. The van der Waals surface area contributed by atoms with Gasteiger partial charge in [0.15, 0.2) is 5.78 Å². The van der Waals surface area contributed by atoms with Gasteiger partial charge in [-0.1, -0.05) is 6.07 Å². The SMILES string of the molecule is COc1ccc2c(c1)C(CC(=O)c1ccc(NC(=O)c3cc(C(F)(F)F)cc(C(F)(F)F)c3)cc1)=NC(C)(C)C2. The number of methoxy groups -OCH3 is 1. The fourth-order valence-corrected chi connectivity index (χ4v) is 4.45. The van der Waals surface area contributed by atoms with E-state index in [2.05, 4.69) is 5.32 Å². The molecule has 5 nitrogen and oxygen atoms in total. The number of anilines is 1. The summed E-state index contributed by atoms with van der Waals surface area (Å²) in [7, 11) is 1.54. The van der Waals surface area contributed by atoms with E-state index in [0.717, 1.165) is 11.1 Å². The second kappa shape index (κ2) is 10.4. The Balaban J connectivity index is 1.52. The number of alkyl halides is 6. The molecule has 0 atom stereocenters. The van der Waals surface area contributed by atoms with Crippen LogP contribution in [-0.2, 0) is 18.8 Å². The van der Waals surface area contributed by atoms with Crippen LogP contribution in [0.3, 0.4) is 0 Å². The molecule has 0 bridgehead atoms. The van der Waals surface area contributed by atoms with Crippen molar-refractivity contribution in [3.63, 3.8) is 0 Å². The molecule has 1 N–H and O–H groups in total. The van der Waals surface area contributed by atoms with Crippen LogP contribution in [0.1, 0.15) is 63.2 Å². The van der Waals surface area contributed by atoms with Gasteiger partial charge in [-0.25, -0.2) is 0 Å². The number of nitrogens with zero attached hydrogens (tertiary/aromatic N) is 1. The Morgan fingerprint density at radius 3 is 2.02 bits per heavy atom. The molecule has 3 aromatic carbocycles. The molecule has 11 heteroatoms. The van der Waals surface area contributed by atoms with E-state index in [1.807, 2.05) is 32.0 Å². The van der Waals surface area contributed by atoms with Gasteiger partial charge in [-0.15, -0.1) is 0 Å². The number of ketones is 1. The summed E-state index contributed by atoms with van der Waals surface area (Å²) in [6.07, 6.45) is -9.49. The second-order valence-corrected chi connectivity index (χ2v) is 10.00. The fourth-order valence-electron chi connectivity index (χ4n) is 4.45. The second-order valence-electron chi connectivity index (χ2n) is 10.00. The van der Waals surface area contributed by atoms with Gasteiger partial charge in [0.05, 0.1) is 35.9 Å². The topological polar surface area (TPSA) is 67.8 Å². The lowest BCUT2D eigenvalue weighted by Gasteiger charge is -2.29. The van der Waals surface area contributed by atoms with Crippen LogP contribution in [0.4, 0.5) is 32.0 Å². The van der Waals surface area contributed by atoms with Crippen molar-refractivity contribution in [1.29, 1.82) is 0 Å². The maximum Gasteiger partial charge on any atom is 0.416 e. The number of benzene rings is 3. The Morgan fingerprint density at radius 1 is 0.875 bits per heavy atom. The van der Waals surface area contributed by atoms with E-state index in [9.17, 15) is 35.9 Å². The first-order chi connectivity index (χ1) is 18.6. The van der Waals surface area contributed by atoms with Crippen molar-refractivity contribution in [1.82, 2.24) is 0 Å². The van der Waals surface area contributed by atoms with Crippen LogP contribution in [0, 0.1) is 0 Å². The van der Waals surface area contributed by atoms with E-state index in [1.165, 1.54) is 24.3 Å². The number of amides is 1. The number of ether oxygens (including phenoxy) is 1. The third-order valence-electron chi connectivity index (χ3n) is 6.33. The van der Waals surface area contributed by atoms with Crippen LogP contribution < -0.4 is 10.1 Å². The zero-order valence-corrected chi connectivity index (χ0v) is 21.6. The van der Waals surface area contributed by atoms with Gasteiger partial charge < -0.3 is 10.1 Å². The van der Waals surface area contributed by atoms with Crippen molar-refractivity contribution < 1.29 is 40.7 Å². The van der Waals surface area contributed by atoms with Crippen molar-refractivity contribution in [3.8, 4) is 5.75 Å². The first kappa shape index (κ1) is 28.8. The lowest BCUT2D eigenvalue weighted by molar-refractivity contribution is -0.143. The summed E-state index contributed by atoms with van der Waals surface area (Å²) in [6, 6.07) is 11.8. The van der Waals surface area contributed by atoms with Gasteiger partial charge in [0, 0.05) is 22.4 Å². The molecule has 0 saturated heterocycles. The minimum absolute atomic E-state index is 0.0141. The Bertz CT molecular complexity index is 1460. The molecular formula is C29H24F6N2O3. The maximum atomic E-state index is 13.1. The molecule has 1 heterocycles. The molecule has 3 aromatic rings. The van der Waals surface area contributed by atoms with E-state index < -0.39 is 40.5 Å². The zero-order chi connectivity index (χ0) is 29.5. The van der Waals surface area contributed by atoms with Crippen LogP contribution in [0.15, 0.2) is 65.7 Å². The summed E-state index contributed by atoms with van der Waals surface area (Å²) in [5.74, 6) is -0.808. The standard InChI is InChI=1S/C29H24F6N2O3/c1-27(2)15-17-6-9-22(40-3)13-23(17)24(37-27)14-25(38)16-4-7-21(8-5-16)36-26(39)18-10-19(28(30,31)32)12-20(11-18)29(33,34)35/h4-13H,14-15H2,1-3H3,(H,36,39). The van der Waals surface area contributed by atoms with Gasteiger partial charge in [0.2, 0.25) is 0 Å². The minimum atomic E-state index is -5.08. The number of hydrogen-bond donors (Lipinski definition) is 1. The predicted octanol–water partition coefficient (Wildman–Crippen LogP) is 7.38. The van der Waals surface area contributed by atoms with E-state index in [-0.39, 0.29) is 29.5 Å². The molecule has 0 spiro atoms. The summed E-state index contributed by atoms with van der Waals surface area (Å²) in [5, 5.41) is 2.28. The molecule has 0 radical (unpaired) electrons. The number of fused-ring (bicyclic) bond motifs is 1. The molecule has 40 heavy (non-hydrogen) atoms. The van der Waals surface area contributed by atoms with Gasteiger partial charge in [-0.2, -0.15) is 26.3 Å². The number of carbonyl (C=O) groups excluding carboxylic acids is 2. The summed E-state index contributed by atoms with van der Waals surface area (Å²) >= 11 is 0. The van der Waals surface area contributed by atoms with Crippen molar-refractivity contribution in [2.24, 2.45) is 4.99 Å². The smallest absolute Gasteiger partial charge is 0.416 e. The molecule has 0 fully saturated rings. The number of Topliss-reactive ketones (excluding diaryl/α,β-unsaturated/α-hetero) is 1. The normalized spacial score (nSPS) is 14.7. The monoisotopic (exact) mass is 562 g/mol. The van der Waals surface area contributed by atoms with Gasteiger partial charge in [-0.3, -0.25) is 14.6 Å². The highest BCUT2D eigenvalue weighted by Crippen LogP contribution is 2.36. The summed E-state index contributed by atoms with van der Waals surface area (Å²) in [5.41, 5.74) is -1.61. The predicted molar refractivity (Wildman–Crippen MR) is 137 cm³/mol. The number of halogens is 6. The largest absolute Gasteiger partial charge is 0.497 e. The van der Waals surface area contributed by atoms with E-state index in [4.69, 9.17) is 9.73 Å². The number of nitrogens with one attached hydrogen (secondary N) is 1. The van der Waals surface area contributed by atoms with Crippen LogP contribution in [0.2, 0.25) is 0 Å². The van der Waals surface area contributed by atoms with Gasteiger partial charge in [0.1, 0.15) is 5.75 Å². The Labute approximate surface area is 225 Å². The Morgan fingerprint density at radius 2 is 1.48 bits per heavy atom. The lowest BCUT2D eigenvalue weighted by atomic mass is 9.85. The molecule has 1 amide bonds. The van der Waals surface area contributed by atoms with Crippen LogP contribution >= 0.6 is 0 Å². The number of carbonyl (C=O) groups is 2. The average Bonchev–Trinajstić information content (AvgIpc) is 2.87. The van der Waals surface area contributed by atoms with Crippen molar-refractivity contribution in [2.45, 2.75) is 44.6 Å². The number of rotatable bonds is 6. The van der Waals surface area contributed by atoms with Gasteiger partial charge >= 0.3 is 12.4 Å². The Hall–Kier alpha value is -4.15. The molecule has 4 rings (SSSR count). The van der Waals surface area contributed by atoms with Crippen molar-refractivity contribution in [2.75, 3.05) is 12.4 Å². The molecule has 0 aliphatic carbocycles. The van der Waals surface area contributed by atoms with Crippen molar-refractivity contribution in [3.05, 3.63) is 94.0 Å². The zero-order valence-electron chi connectivity index (χ0n) is 21.6. The third kappa shape index (κ3) is 6.52. The number of hydrogen-bond acceptors (Lipinski definition) is 4. The summed E-state index contributed by atoms with van der Waals surface area (Å²) in [6.45, 7) is 3.92. The maximum absolute atomic E-state index is 13.1. The lowest BCUT2D eigenvalue weighted by Crippen LogP contribution is -2.30. The average molecular weight is 563 g/mol. The van der Waals surface area contributed by atoms with Crippen LogP contribution in [0.5, 0.6) is 5.75 Å². The number of aliphatic imine (C=N–C) groups is 1. The molecule has 1 aliphatic rings. The molecular weight excluding hydrogens is 538 g/mol. The quantitative estimate of drug-likeness (QED) is 0.252. The van der Waals surface area contributed by atoms with E-state index >= 15 is 0 Å². The fraction of sp³-hybridized carbons (Fsp3) is 0.276. The molecule has 1 aliphatic heterocycles. The van der Waals surface area contributed by atoms with E-state index in [1.54, 1.807) is 7.11 Å². The first-order valence-corrected chi connectivity index (χ1v) is 12.1. The van der Waals surface area contributed by atoms with E-state index in [0.29, 0.717) is 30.0 Å². The highest BCUT2D eigenvalue weighted by atomic mass is 19.4.